The molecule has 24 heavy (non-hydrogen) atoms. The second kappa shape index (κ2) is 6.65. The molecule has 4 rings (SSSR count). The van der Waals surface area contributed by atoms with Gasteiger partial charge in [0.2, 0.25) is 0 Å². The van der Waals surface area contributed by atoms with Gasteiger partial charge in [-0.1, -0.05) is 30.3 Å². The number of carbonyl (C=O) groups is 1. The lowest BCUT2D eigenvalue weighted by Gasteiger charge is -2.28. The monoisotopic (exact) mass is 322 g/mol. The normalized spacial score (nSPS) is 22.9. The summed E-state index contributed by atoms with van der Waals surface area (Å²) in [6, 6.07) is 17.8. The quantitative estimate of drug-likeness (QED) is 0.941. The Bertz CT molecular complexity index is 703. The number of nitrogens with zero attached hydrogens (tertiary/aromatic N) is 1. The molecule has 2 aromatic carbocycles. The lowest BCUT2D eigenvalue weighted by atomic mass is 10.1. The molecule has 0 saturated carbocycles. The fourth-order valence-corrected chi connectivity index (χ4v) is 3.80. The van der Waals surface area contributed by atoms with Crippen LogP contribution in [0.3, 0.4) is 0 Å². The molecule has 2 unspecified atom stereocenters. The van der Waals surface area contributed by atoms with Gasteiger partial charge in [0.1, 0.15) is 11.5 Å². The van der Waals surface area contributed by atoms with Gasteiger partial charge < -0.3 is 15.0 Å². The van der Waals surface area contributed by atoms with E-state index in [4.69, 9.17) is 4.74 Å². The maximum Gasteiger partial charge on any atom is 0.258 e. The molecule has 2 aliphatic heterocycles. The van der Waals surface area contributed by atoms with Crippen molar-refractivity contribution < 1.29 is 9.53 Å². The molecule has 0 spiro atoms. The molecule has 0 radical (unpaired) electrons. The summed E-state index contributed by atoms with van der Waals surface area (Å²) in [6.07, 6.45) is 3.23. The number of amides is 1. The van der Waals surface area contributed by atoms with Gasteiger partial charge in [-0.3, -0.25) is 4.79 Å². The van der Waals surface area contributed by atoms with Crippen molar-refractivity contribution in [3.05, 3.63) is 60.2 Å². The predicted molar refractivity (Wildman–Crippen MR) is 93.4 cm³/mol. The number of carbonyl (C=O) groups excluding carboxylic acids is 1. The first-order chi connectivity index (χ1) is 11.8. The maximum atomic E-state index is 13.2. The van der Waals surface area contributed by atoms with Crippen LogP contribution in [0.25, 0.3) is 0 Å². The highest BCUT2D eigenvalue weighted by Gasteiger charge is 2.39. The molecule has 2 saturated heterocycles. The van der Waals surface area contributed by atoms with E-state index in [2.05, 4.69) is 10.2 Å². The van der Waals surface area contributed by atoms with Crippen LogP contribution in [0, 0.1) is 0 Å². The van der Waals surface area contributed by atoms with Gasteiger partial charge >= 0.3 is 0 Å². The number of fused-ring (bicyclic) bond motifs is 2. The standard InChI is InChI=1S/C20H22N2O2/c23-20(22-15-10-11-16(22)14-21-13-12-15)18-8-4-5-9-19(18)24-17-6-2-1-3-7-17/h1-9,15-16,21H,10-14H2. The molecule has 0 aliphatic carbocycles. The van der Waals surface area contributed by atoms with Gasteiger partial charge in [0.05, 0.1) is 5.56 Å². The van der Waals surface area contributed by atoms with Gasteiger partial charge in [-0.2, -0.15) is 0 Å². The van der Waals surface area contributed by atoms with Crippen LogP contribution in [0.5, 0.6) is 11.5 Å². The van der Waals surface area contributed by atoms with Crippen LogP contribution in [0.15, 0.2) is 54.6 Å². The Morgan fingerprint density at radius 3 is 2.58 bits per heavy atom. The average molecular weight is 322 g/mol. The smallest absolute Gasteiger partial charge is 0.258 e. The SMILES string of the molecule is O=C(c1ccccc1Oc1ccccc1)N1C2CCNCC1CC2. The minimum Gasteiger partial charge on any atom is -0.457 e. The Labute approximate surface area is 142 Å². The number of ether oxygens (including phenoxy) is 1. The van der Waals surface area contributed by atoms with Crippen LogP contribution in [0.1, 0.15) is 29.6 Å². The Balaban J connectivity index is 1.63. The first-order valence-electron chi connectivity index (χ1n) is 8.68. The molecule has 2 heterocycles. The summed E-state index contributed by atoms with van der Waals surface area (Å²) in [4.78, 5) is 15.3. The van der Waals surface area contributed by atoms with Crippen LogP contribution >= 0.6 is 0 Å². The summed E-state index contributed by atoms with van der Waals surface area (Å²) in [7, 11) is 0. The van der Waals surface area contributed by atoms with Crippen LogP contribution < -0.4 is 10.1 Å². The third kappa shape index (κ3) is 2.89. The van der Waals surface area contributed by atoms with E-state index in [1.165, 1.54) is 0 Å². The second-order valence-electron chi connectivity index (χ2n) is 6.50. The number of benzene rings is 2. The Morgan fingerprint density at radius 1 is 0.958 bits per heavy atom. The number of hydrogen-bond donors (Lipinski definition) is 1. The Morgan fingerprint density at radius 2 is 1.71 bits per heavy atom. The lowest BCUT2D eigenvalue weighted by Crippen LogP contribution is -2.42. The maximum absolute atomic E-state index is 13.2. The van der Waals surface area contributed by atoms with Gasteiger partial charge in [-0.15, -0.1) is 0 Å². The van der Waals surface area contributed by atoms with Crippen LogP contribution in [-0.2, 0) is 0 Å². The van der Waals surface area contributed by atoms with Crippen LogP contribution in [0.4, 0.5) is 0 Å². The molecular weight excluding hydrogens is 300 g/mol. The number of rotatable bonds is 3. The summed E-state index contributed by atoms with van der Waals surface area (Å²) in [5.41, 5.74) is 0.653. The molecule has 1 amide bonds. The summed E-state index contributed by atoms with van der Waals surface area (Å²) in [5.74, 6) is 1.47. The van der Waals surface area contributed by atoms with Crippen molar-refractivity contribution in [2.45, 2.75) is 31.3 Å². The van der Waals surface area contributed by atoms with Gasteiger partial charge in [-0.25, -0.2) is 0 Å². The highest BCUT2D eigenvalue weighted by Crippen LogP contribution is 2.33. The Hall–Kier alpha value is -2.33. The topological polar surface area (TPSA) is 41.6 Å². The minimum absolute atomic E-state index is 0.0951. The van der Waals surface area contributed by atoms with E-state index >= 15 is 0 Å². The largest absolute Gasteiger partial charge is 0.457 e. The zero-order valence-electron chi connectivity index (χ0n) is 13.7. The molecule has 1 N–H and O–H groups in total. The number of para-hydroxylation sites is 2. The molecule has 124 valence electrons. The average Bonchev–Trinajstić information content (AvgIpc) is 2.88. The van der Waals surface area contributed by atoms with Gasteiger partial charge in [-0.05, 0) is 50.1 Å². The van der Waals surface area contributed by atoms with Crippen molar-refractivity contribution >= 4 is 5.91 Å². The third-order valence-corrected chi connectivity index (χ3v) is 4.98. The van der Waals surface area contributed by atoms with E-state index in [1.54, 1.807) is 0 Å². The first-order valence-corrected chi connectivity index (χ1v) is 8.68. The van der Waals surface area contributed by atoms with Crippen LogP contribution in [0.2, 0.25) is 0 Å². The number of hydrogen-bond acceptors (Lipinski definition) is 3. The zero-order valence-corrected chi connectivity index (χ0v) is 13.7. The molecule has 2 aromatic rings. The molecule has 4 nitrogen and oxygen atoms in total. The van der Waals surface area contributed by atoms with Gasteiger partial charge in [0, 0.05) is 18.6 Å². The lowest BCUT2D eigenvalue weighted by molar-refractivity contribution is 0.0677. The van der Waals surface area contributed by atoms with E-state index in [9.17, 15) is 4.79 Å². The molecule has 2 aliphatic rings. The highest BCUT2D eigenvalue weighted by atomic mass is 16.5. The summed E-state index contributed by atoms with van der Waals surface area (Å²) < 4.78 is 5.98. The van der Waals surface area contributed by atoms with Crippen molar-refractivity contribution in [2.24, 2.45) is 0 Å². The zero-order chi connectivity index (χ0) is 16.4. The fraction of sp³-hybridized carbons (Fsp3) is 0.350. The molecule has 4 heteroatoms. The predicted octanol–water partition coefficient (Wildman–Crippen LogP) is 3.45. The van der Waals surface area contributed by atoms with Crippen molar-refractivity contribution in [3.8, 4) is 11.5 Å². The summed E-state index contributed by atoms with van der Waals surface area (Å²) in [5, 5.41) is 3.44. The number of nitrogens with one attached hydrogen (secondary N) is 1. The molecule has 0 aromatic heterocycles. The van der Waals surface area contributed by atoms with E-state index in [-0.39, 0.29) is 5.91 Å². The van der Waals surface area contributed by atoms with Crippen molar-refractivity contribution in [1.82, 2.24) is 10.2 Å². The van der Waals surface area contributed by atoms with Crippen molar-refractivity contribution in [3.63, 3.8) is 0 Å². The van der Waals surface area contributed by atoms with E-state index < -0.39 is 0 Å². The first kappa shape index (κ1) is 15.2. The summed E-state index contributed by atoms with van der Waals surface area (Å²) >= 11 is 0. The van der Waals surface area contributed by atoms with Crippen molar-refractivity contribution in [1.29, 1.82) is 0 Å². The fourth-order valence-electron chi connectivity index (χ4n) is 3.80. The highest BCUT2D eigenvalue weighted by molar-refractivity contribution is 5.97. The van der Waals surface area contributed by atoms with E-state index in [1.807, 2.05) is 54.6 Å². The molecular formula is C20H22N2O2. The molecule has 2 fully saturated rings. The third-order valence-electron chi connectivity index (χ3n) is 4.98. The van der Waals surface area contributed by atoms with Gasteiger partial charge in [0.25, 0.3) is 5.91 Å². The Kier molecular flexibility index (Phi) is 4.22. The van der Waals surface area contributed by atoms with E-state index in [0.29, 0.717) is 23.4 Å². The minimum atomic E-state index is 0.0951. The van der Waals surface area contributed by atoms with E-state index in [0.717, 1.165) is 38.1 Å². The summed E-state index contributed by atoms with van der Waals surface area (Å²) in [6.45, 7) is 1.89. The second-order valence-corrected chi connectivity index (χ2v) is 6.50. The van der Waals surface area contributed by atoms with Crippen LogP contribution in [-0.4, -0.2) is 36.0 Å². The van der Waals surface area contributed by atoms with Crippen molar-refractivity contribution in [2.75, 3.05) is 13.1 Å². The molecule has 2 bridgehead atoms. The van der Waals surface area contributed by atoms with Gasteiger partial charge in [0.15, 0.2) is 0 Å². The molecule has 2 atom stereocenters.